The monoisotopic (exact) mass is 370 g/mol. The van der Waals surface area contributed by atoms with Gasteiger partial charge in [-0.1, -0.05) is 13.0 Å². The summed E-state index contributed by atoms with van der Waals surface area (Å²) in [6.07, 6.45) is 0.813. The number of benzene rings is 1. The molecule has 1 aliphatic heterocycles. The highest BCUT2D eigenvalue weighted by atomic mass is 32.2. The molecule has 140 valence electrons. The van der Waals surface area contributed by atoms with Crippen molar-refractivity contribution in [1.82, 2.24) is 9.21 Å². The van der Waals surface area contributed by atoms with Crippen molar-refractivity contribution in [2.24, 2.45) is 0 Å². The van der Waals surface area contributed by atoms with E-state index in [1.165, 1.54) is 4.31 Å². The van der Waals surface area contributed by atoms with Gasteiger partial charge in [0.1, 0.15) is 11.5 Å². The molecule has 0 saturated carbocycles. The maximum Gasteiger partial charge on any atom is 0.227 e. The molecule has 1 heterocycles. The van der Waals surface area contributed by atoms with Crippen molar-refractivity contribution in [2.45, 2.75) is 19.8 Å². The summed E-state index contributed by atoms with van der Waals surface area (Å²) in [6, 6.07) is 5.36. The number of piperazine rings is 1. The van der Waals surface area contributed by atoms with Crippen LogP contribution in [0.25, 0.3) is 0 Å². The SMILES string of the molecule is CCCS(=O)(=O)N1CCN(C(=O)Cc2ccc(OC)cc2OC)CC1. The van der Waals surface area contributed by atoms with E-state index in [1.54, 1.807) is 31.3 Å². The van der Waals surface area contributed by atoms with Crippen LogP contribution in [0.1, 0.15) is 18.9 Å². The van der Waals surface area contributed by atoms with Crippen LogP contribution in [0, 0.1) is 0 Å². The lowest BCUT2D eigenvalue weighted by molar-refractivity contribution is -0.131. The number of nitrogens with zero attached hydrogens (tertiary/aromatic N) is 2. The first kappa shape index (κ1) is 19.5. The van der Waals surface area contributed by atoms with Gasteiger partial charge in [0.15, 0.2) is 0 Å². The van der Waals surface area contributed by atoms with E-state index in [2.05, 4.69) is 0 Å². The first-order chi connectivity index (χ1) is 11.9. The molecule has 1 saturated heterocycles. The zero-order valence-corrected chi connectivity index (χ0v) is 15.8. The van der Waals surface area contributed by atoms with E-state index in [0.29, 0.717) is 44.1 Å². The van der Waals surface area contributed by atoms with Gasteiger partial charge in [-0.25, -0.2) is 8.42 Å². The number of hydrogen-bond donors (Lipinski definition) is 0. The molecule has 2 rings (SSSR count). The highest BCUT2D eigenvalue weighted by molar-refractivity contribution is 7.89. The molecule has 0 atom stereocenters. The predicted octanol–water partition coefficient (Wildman–Crippen LogP) is 1.13. The van der Waals surface area contributed by atoms with E-state index in [1.807, 2.05) is 13.0 Å². The Hall–Kier alpha value is -1.80. The molecular weight excluding hydrogens is 344 g/mol. The van der Waals surface area contributed by atoms with Crippen LogP contribution in [0.2, 0.25) is 0 Å². The lowest BCUT2D eigenvalue weighted by Gasteiger charge is -2.34. The third kappa shape index (κ3) is 4.85. The van der Waals surface area contributed by atoms with Gasteiger partial charge in [-0.2, -0.15) is 4.31 Å². The highest BCUT2D eigenvalue weighted by Gasteiger charge is 2.28. The van der Waals surface area contributed by atoms with Gasteiger partial charge in [0.05, 0.1) is 26.4 Å². The van der Waals surface area contributed by atoms with Gasteiger partial charge in [-0.3, -0.25) is 4.79 Å². The highest BCUT2D eigenvalue weighted by Crippen LogP contribution is 2.25. The average molecular weight is 370 g/mol. The first-order valence-electron chi connectivity index (χ1n) is 8.37. The van der Waals surface area contributed by atoms with Gasteiger partial charge in [0, 0.05) is 37.8 Å². The number of carbonyl (C=O) groups excluding carboxylic acids is 1. The fourth-order valence-corrected chi connectivity index (χ4v) is 4.37. The van der Waals surface area contributed by atoms with Crippen LogP contribution in [-0.4, -0.2) is 69.7 Å². The summed E-state index contributed by atoms with van der Waals surface area (Å²) in [5.41, 5.74) is 0.786. The maximum absolute atomic E-state index is 12.5. The second-order valence-electron chi connectivity index (χ2n) is 5.95. The van der Waals surface area contributed by atoms with Crippen LogP contribution in [0.15, 0.2) is 18.2 Å². The van der Waals surface area contributed by atoms with Crippen molar-refractivity contribution >= 4 is 15.9 Å². The molecule has 1 fully saturated rings. The van der Waals surface area contributed by atoms with Crippen molar-refractivity contribution in [3.63, 3.8) is 0 Å². The largest absolute Gasteiger partial charge is 0.497 e. The van der Waals surface area contributed by atoms with E-state index in [9.17, 15) is 13.2 Å². The lowest BCUT2D eigenvalue weighted by atomic mass is 10.1. The minimum Gasteiger partial charge on any atom is -0.497 e. The van der Waals surface area contributed by atoms with E-state index in [0.717, 1.165) is 5.56 Å². The molecule has 0 spiro atoms. The Bertz CT molecular complexity index is 697. The van der Waals surface area contributed by atoms with Crippen LogP contribution < -0.4 is 9.47 Å². The second-order valence-corrected chi connectivity index (χ2v) is 8.04. The van der Waals surface area contributed by atoms with Gasteiger partial charge in [0.2, 0.25) is 15.9 Å². The number of ether oxygens (including phenoxy) is 2. The minimum absolute atomic E-state index is 0.0315. The zero-order valence-electron chi connectivity index (χ0n) is 15.0. The third-order valence-electron chi connectivity index (χ3n) is 4.28. The number of carbonyl (C=O) groups is 1. The van der Waals surface area contributed by atoms with Crippen molar-refractivity contribution in [1.29, 1.82) is 0 Å². The molecule has 1 aromatic rings. The van der Waals surface area contributed by atoms with Gasteiger partial charge in [0.25, 0.3) is 0 Å². The van der Waals surface area contributed by atoms with Gasteiger partial charge < -0.3 is 14.4 Å². The van der Waals surface area contributed by atoms with Crippen LogP contribution >= 0.6 is 0 Å². The second kappa shape index (κ2) is 8.53. The molecule has 0 N–H and O–H groups in total. The summed E-state index contributed by atoms with van der Waals surface area (Å²) >= 11 is 0. The minimum atomic E-state index is -3.20. The molecule has 1 amide bonds. The van der Waals surface area contributed by atoms with Crippen LogP contribution in [-0.2, 0) is 21.2 Å². The summed E-state index contributed by atoms with van der Waals surface area (Å²) in [6.45, 7) is 3.39. The van der Waals surface area contributed by atoms with Crippen LogP contribution in [0.5, 0.6) is 11.5 Å². The van der Waals surface area contributed by atoms with Crippen molar-refractivity contribution in [3.05, 3.63) is 23.8 Å². The molecule has 1 aromatic carbocycles. The van der Waals surface area contributed by atoms with Crippen molar-refractivity contribution < 1.29 is 22.7 Å². The Morgan fingerprint density at radius 3 is 2.36 bits per heavy atom. The summed E-state index contributed by atoms with van der Waals surface area (Å²) < 4.78 is 36.1. The number of sulfonamides is 1. The van der Waals surface area contributed by atoms with Gasteiger partial charge in [-0.15, -0.1) is 0 Å². The normalized spacial score (nSPS) is 15.9. The third-order valence-corrected chi connectivity index (χ3v) is 6.36. The fraction of sp³-hybridized carbons (Fsp3) is 0.588. The Morgan fingerprint density at radius 2 is 1.80 bits per heavy atom. The Kier molecular flexibility index (Phi) is 6.66. The van der Waals surface area contributed by atoms with Crippen molar-refractivity contribution in [2.75, 3.05) is 46.2 Å². The van der Waals surface area contributed by atoms with E-state index in [4.69, 9.17) is 9.47 Å². The molecule has 7 nitrogen and oxygen atoms in total. The summed E-state index contributed by atoms with van der Waals surface area (Å²) in [5.74, 6) is 1.40. The van der Waals surface area contributed by atoms with Crippen LogP contribution in [0.3, 0.4) is 0 Å². The molecular formula is C17H26N2O5S. The molecule has 25 heavy (non-hydrogen) atoms. The molecule has 0 unspecified atom stereocenters. The number of amides is 1. The quantitative estimate of drug-likeness (QED) is 0.719. The average Bonchev–Trinajstić information content (AvgIpc) is 2.62. The standard InChI is InChI=1S/C17H26N2O5S/c1-4-11-25(21,22)19-9-7-18(8-10-19)17(20)12-14-5-6-15(23-2)13-16(14)24-3/h5-6,13H,4,7-12H2,1-3H3. The summed E-state index contributed by atoms with van der Waals surface area (Å²) in [7, 11) is -0.0676. The molecule has 0 radical (unpaired) electrons. The maximum atomic E-state index is 12.5. The van der Waals surface area contributed by atoms with Gasteiger partial charge in [-0.05, 0) is 12.5 Å². The lowest BCUT2D eigenvalue weighted by Crippen LogP contribution is -2.51. The van der Waals surface area contributed by atoms with E-state index < -0.39 is 10.0 Å². The predicted molar refractivity (Wildman–Crippen MR) is 95.5 cm³/mol. The smallest absolute Gasteiger partial charge is 0.227 e. The Morgan fingerprint density at radius 1 is 1.12 bits per heavy atom. The van der Waals surface area contributed by atoms with Gasteiger partial charge >= 0.3 is 0 Å². The Labute approximate surface area is 149 Å². The zero-order chi connectivity index (χ0) is 18.4. The molecule has 0 aromatic heterocycles. The van der Waals surface area contributed by atoms with E-state index >= 15 is 0 Å². The first-order valence-corrected chi connectivity index (χ1v) is 9.98. The molecule has 8 heteroatoms. The number of hydrogen-bond acceptors (Lipinski definition) is 5. The molecule has 0 bridgehead atoms. The molecule has 1 aliphatic rings. The topological polar surface area (TPSA) is 76.2 Å². The molecule has 0 aliphatic carbocycles. The Balaban J connectivity index is 1.97. The number of methoxy groups -OCH3 is 2. The van der Waals surface area contributed by atoms with E-state index in [-0.39, 0.29) is 18.1 Å². The summed E-state index contributed by atoms with van der Waals surface area (Å²) in [5, 5.41) is 0. The number of rotatable bonds is 7. The fourth-order valence-electron chi connectivity index (χ4n) is 2.88. The van der Waals surface area contributed by atoms with Crippen molar-refractivity contribution in [3.8, 4) is 11.5 Å². The van der Waals surface area contributed by atoms with Crippen LogP contribution in [0.4, 0.5) is 0 Å². The summed E-state index contributed by atoms with van der Waals surface area (Å²) in [4.78, 5) is 14.3.